The summed E-state index contributed by atoms with van der Waals surface area (Å²) in [5, 5.41) is 32.1. The van der Waals surface area contributed by atoms with Crippen LogP contribution in [0.4, 0.5) is 0 Å². The molecule has 2 aromatic heterocycles. The van der Waals surface area contributed by atoms with E-state index in [4.69, 9.17) is 19.5 Å². The van der Waals surface area contributed by atoms with Gasteiger partial charge in [-0.25, -0.2) is 0 Å². The van der Waals surface area contributed by atoms with Crippen LogP contribution in [-0.2, 0) is 36.1 Å². The summed E-state index contributed by atoms with van der Waals surface area (Å²) < 4.78 is 30.8. The van der Waals surface area contributed by atoms with E-state index >= 15 is 0 Å². The number of aliphatic hydroxyl groups is 2. The van der Waals surface area contributed by atoms with Crippen molar-refractivity contribution in [3.63, 3.8) is 0 Å². The molecule has 16 heteroatoms. The second-order valence-corrected chi connectivity index (χ2v) is 12.9. The van der Waals surface area contributed by atoms with Crippen LogP contribution in [0.1, 0.15) is 58.7 Å². The van der Waals surface area contributed by atoms with Crippen molar-refractivity contribution in [3.8, 4) is 0 Å². The van der Waals surface area contributed by atoms with Gasteiger partial charge in [0.2, 0.25) is 5.91 Å². The van der Waals surface area contributed by atoms with E-state index < -0.39 is 44.9 Å². The predicted molar refractivity (Wildman–Crippen MR) is 171 cm³/mol. The fourth-order valence-corrected chi connectivity index (χ4v) is 6.10. The van der Waals surface area contributed by atoms with Crippen molar-refractivity contribution in [1.29, 1.82) is 0 Å². The number of benzene rings is 2. The predicted octanol–water partition coefficient (Wildman–Crippen LogP) is 1.10. The maximum Gasteiger partial charge on any atom is 0.292 e. The van der Waals surface area contributed by atoms with Crippen molar-refractivity contribution in [1.82, 2.24) is 20.3 Å². The second-order valence-electron chi connectivity index (χ2n) is 11.5. The molecule has 1 fully saturated rings. The van der Waals surface area contributed by atoms with Crippen LogP contribution in [-0.4, -0.2) is 68.5 Å². The standard InChI is InChI=1S/C33H39N6O9P/c34-32(43)25-14-9-17-38(20-25)33-31(42)30(41)27(48-33)22-47-49(44,45)46-19-16-26-21-39(37-36-26)18-8-7-15-28(40)35-29(23-10-3-1-4-11-23)24-12-5-2-6-13-24/h1-6,9-14,17,20-21,27,29-31,33,41-42H,7-8,15-16,18-19,22H2,(H3-,34,35,40,43,44,45)/t27-,30-,31-,33-/m1/s1. The maximum atomic E-state index is 12.8. The van der Waals surface area contributed by atoms with Crippen LogP contribution < -0.4 is 20.5 Å². The van der Waals surface area contributed by atoms with Crippen molar-refractivity contribution in [3.05, 3.63) is 114 Å². The molecule has 1 saturated heterocycles. The third-order valence-corrected chi connectivity index (χ3v) is 8.90. The first-order chi connectivity index (χ1) is 23.6. The van der Waals surface area contributed by atoms with Gasteiger partial charge in [-0.15, -0.1) is 5.10 Å². The van der Waals surface area contributed by atoms with E-state index in [2.05, 4.69) is 15.6 Å². The van der Waals surface area contributed by atoms with E-state index in [-0.39, 0.29) is 30.5 Å². The molecule has 1 aliphatic heterocycles. The number of aliphatic hydroxyl groups excluding tert-OH is 2. The van der Waals surface area contributed by atoms with E-state index in [1.54, 1.807) is 10.9 Å². The van der Waals surface area contributed by atoms with Gasteiger partial charge in [0.05, 0.1) is 24.9 Å². The lowest BCUT2D eigenvalue weighted by Crippen LogP contribution is -2.46. The molecule has 2 amide bonds. The van der Waals surface area contributed by atoms with E-state index in [9.17, 15) is 29.3 Å². The summed E-state index contributed by atoms with van der Waals surface area (Å²) in [5.74, 6) is -0.750. The number of nitrogens with one attached hydrogen (secondary N) is 1. The van der Waals surface area contributed by atoms with Crippen molar-refractivity contribution in [2.75, 3.05) is 13.2 Å². The molecule has 0 aliphatic carbocycles. The number of unbranched alkanes of at least 4 members (excludes halogenated alkanes) is 1. The molecule has 4 aromatic rings. The number of amides is 2. The topological polar surface area (TPSA) is 215 Å². The zero-order valence-electron chi connectivity index (χ0n) is 26.6. The van der Waals surface area contributed by atoms with Crippen molar-refractivity contribution >= 4 is 19.6 Å². The first-order valence-electron chi connectivity index (χ1n) is 15.8. The minimum atomic E-state index is -4.80. The molecule has 0 radical (unpaired) electrons. The number of carbonyl (C=O) groups is 2. The number of hydrogen-bond donors (Lipinski definition) is 4. The Morgan fingerprint density at radius 2 is 1.71 bits per heavy atom. The number of nitrogens with two attached hydrogens (primary N) is 1. The van der Waals surface area contributed by atoms with Gasteiger partial charge in [-0.3, -0.25) is 18.8 Å². The summed E-state index contributed by atoms with van der Waals surface area (Å²) in [6, 6.07) is 22.3. The number of rotatable bonds is 17. The normalized spacial score (nSPS) is 20.2. The van der Waals surface area contributed by atoms with Crippen molar-refractivity contribution in [2.45, 2.75) is 62.8 Å². The van der Waals surface area contributed by atoms with Crippen LogP contribution in [0, 0.1) is 0 Å². The van der Waals surface area contributed by atoms with Gasteiger partial charge >= 0.3 is 0 Å². The van der Waals surface area contributed by atoms with Gasteiger partial charge in [0, 0.05) is 31.6 Å². The van der Waals surface area contributed by atoms with Gasteiger partial charge in [-0.1, -0.05) is 65.9 Å². The van der Waals surface area contributed by atoms with Gasteiger partial charge < -0.3 is 39.9 Å². The summed E-state index contributed by atoms with van der Waals surface area (Å²) in [4.78, 5) is 36.6. The van der Waals surface area contributed by atoms with Crippen molar-refractivity contribution in [2.24, 2.45) is 5.73 Å². The average molecular weight is 695 g/mol. The molecule has 15 nitrogen and oxygen atoms in total. The Hall–Kier alpha value is -4.34. The molecule has 2 aromatic carbocycles. The fraction of sp³-hybridized carbons (Fsp3) is 0.364. The first-order valence-corrected chi connectivity index (χ1v) is 17.3. The Bertz CT molecular complexity index is 1690. The molecule has 0 bridgehead atoms. The number of hydrogen-bond acceptors (Lipinski definition) is 11. The second kappa shape index (κ2) is 16.9. The Morgan fingerprint density at radius 3 is 2.39 bits per heavy atom. The van der Waals surface area contributed by atoms with E-state index in [1.165, 1.54) is 29.1 Å². The molecule has 1 unspecified atom stereocenters. The molecule has 5 atom stereocenters. The van der Waals surface area contributed by atoms with Crippen LogP contribution in [0.2, 0.25) is 0 Å². The van der Waals surface area contributed by atoms with Crippen LogP contribution in [0.25, 0.3) is 0 Å². The zero-order chi connectivity index (χ0) is 34.8. The molecule has 5 rings (SSSR count). The highest BCUT2D eigenvalue weighted by atomic mass is 31.2. The van der Waals surface area contributed by atoms with Gasteiger partial charge in [0.25, 0.3) is 20.0 Å². The van der Waals surface area contributed by atoms with E-state index in [0.29, 0.717) is 31.5 Å². The summed E-state index contributed by atoms with van der Waals surface area (Å²) in [6.07, 6.45) is 1.10. The summed E-state index contributed by atoms with van der Waals surface area (Å²) in [5.41, 5.74) is 7.95. The largest absolute Gasteiger partial charge is 0.756 e. The number of primary amides is 1. The van der Waals surface area contributed by atoms with Gasteiger partial charge in [0.1, 0.15) is 17.8 Å². The average Bonchev–Trinajstić information content (AvgIpc) is 3.68. The van der Waals surface area contributed by atoms with Crippen LogP contribution >= 0.6 is 7.82 Å². The lowest BCUT2D eigenvalue weighted by Gasteiger charge is -2.24. The molecule has 49 heavy (non-hydrogen) atoms. The number of aromatic nitrogens is 4. The number of phosphoric acid groups is 1. The molecule has 0 saturated carbocycles. The number of ether oxygens (including phenoxy) is 1. The molecule has 5 N–H and O–H groups in total. The Labute approximate surface area is 282 Å². The highest BCUT2D eigenvalue weighted by molar-refractivity contribution is 7.45. The molecular formula is C33H39N6O9P. The Kier molecular flexibility index (Phi) is 12.4. The van der Waals surface area contributed by atoms with E-state index in [1.807, 2.05) is 60.7 Å². The highest BCUT2D eigenvalue weighted by Crippen LogP contribution is 2.39. The Balaban J connectivity index is 1.01. The molecular weight excluding hydrogens is 655 g/mol. The molecule has 1 aliphatic rings. The molecule has 3 heterocycles. The van der Waals surface area contributed by atoms with Crippen LogP contribution in [0.5, 0.6) is 0 Å². The lowest BCUT2D eigenvalue weighted by atomic mass is 9.98. The van der Waals surface area contributed by atoms with E-state index in [0.717, 1.165) is 11.1 Å². The number of carbonyl (C=O) groups excluding carboxylic acids is 2. The highest BCUT2D eigenvalue weighted by Gasteiger charge is 2.48. The monoisotopic (exact) mass is 694 g/mol. The minimum Gasteiger partial charge on any atom is -0.756 e. The maximum absolute atomic E-state index is 12.8. The zero-order valence-corrected chi connectivity index (χ0v) is 27.5. The summed E-state index contributed by atoms with van der Waals surface area (Å²) >= 11 is 0. The number of nitrogens with zero attached hydrogens (tertiary/aromatic N) is 4. The first kappa shape index (κ1) is 36.0. The fourth-order valence-electron chi connectivity index (χ4n) is 5.38. The minimum absolute atomic E-state index is 0.0581. The van der Waals surface area contributed by atoms with Crippen molar-refractivity contribution < 1.29 is 47.6 Å². The quantitative estimate of drug-likeness (QED) is 0.0698. The smallest absolute Gasteiger partial charge is 0.292 e. The SMILES string of the molecule is NC(=O)c1ccc[n+]([C@@H]2O[C@H](COP(=O)([O-])OCCc3cn(CCCCC(=O)NC(c4ccccc4)c4ccccc4)nn3)[C@@H](O)[C@H]2O)c1. The third kappa shape index (κ3) is 10.1. The number of pyridine rings is 1. The third-order valence-electron chi connectivity index (χ3n) is 7.94. The molecule has 0 spiro atoms. The van der Waals surface area contributed by atoms with Gasteiger partial charge in [-0.05, 0) is 30.0 Å². The van der Waals surface area contributed by atoms with Gasteiger partial charge in [0.15, 0.2) is 18.5 Å². The number of phosphoric ester groups is 1. The summed E-state index contributed by atoms with van der Waals surface area (Å²) in [6.45, 7) is -0.357. The van der Waals surface area contributed by atoms with Gasteiger partial charge in [-0.2, -0.15) is 4.57 Å². The summed E-state index contributed by atoms with van der Waals surface area (Å²) in [7, 11) is -4.80. The van der Waals surface area contributed by atoms with Crippen LogP contribution in [0.15, 0.2) is 91.4 Å². The molecule has 260 valence electrons. The number of aryl methyl sites for hydroxylation is 1. The van der Waals surface area contributed by atoms with Crippen LogP contribution in [0.3, 0.4) is 0 Å². The lowest BCUT2D eigenvalue weighted by molar-refractivity contribution is -0.765. The Morgan fingerprint density at radius 1 is 1.02 bits per heavy atom.